The van der Waals surface area contributed by atoms with E-state index in [1.165, 1.54) is 51.4 Å². The lowest BCUT2D eigenvalue weighted by Crippen LogP contribution is -2.59. The Balaban J connectivity index is 1.19. The number of carboxylic acid groups (broad SMARTS) is 1. The first-order chi connectivity index (χ1) is 24.4. The van der Waals surface area contributed by atoms with Gasteiger partial charge in [-0.2, -0.15) is 10.7 Å². The molecule has 0 aromatic rings. The second-order valence-electron chi connectivity index (χ2n) is 17.2. The standard InChI is InChI=1S/C38H64N8O5/c1-37(2,3)41-36(51)39-30-19-11-6-4-5-10-17-27-23-38(27,35(49)50)40-33(47)31-22-28(24-45(31)34(30)48)46-43-32(42-44-46)29-18-13-12-16-26(29)21-20-25-14-8-7-9-15-25/h10,17,20-21,25-33,40,42-44,47H,4-9,11-16,18-19,22-24H2,1-3H3,(H,49,50)(H2,39,41,51)/b17-10-,21-20+/t26?,27-,28+,29?,30-,31+,32?,33+,38+/m1/s1. The minimum atomic E-state index is -1.28. The molecule has 13 nitrogen and oxygen atoms in total. The van der Waals surface area contributed by atoms with Crippen LogP contribution < -0.4 is 32.3 Å². The van der Waals surface area contributed by atoms with Gasteiger partial charge in [0.25, 0.3) is 0 Å². The molecule has 3 saturated carbocycles. The topological polar surface area (TPSA) is 170 Å². The number of carbonyl (C=O) groups is 3. The minimum Gasteiger partial charge on any atom is -0.480 e. The molecule has 6 aliphatic rings. The Hall–Kier alpha value is -2.55. The summed E-state index contributed by atoms with van der Waals surface area (Å²) < 4.78 is 0. The van der Waals surface area contributed by atoms with Crippen molar-refractivity contribution in [3.8, 4) is 0 Å². The minimum absolute atomic E-state index is 0.00731. The third-order valence-corrected chi connectivity index (χ3v) is 12.2. The first kappa shape index (κ1) is 38.2. The van der Waals surface area contributed by atoms with Crippen LogP contribution in [0.15, 0.2) is 24.3 Å². The van der Waals surface area contributed by atoms with Crippen LogP contribution in [-0.4, -0.2) is 86.3 Å². The first-order valence-electron chi connectivity index (χ1n) is 19.9. The van der Waals surface area contributed by atoms with Crippen LogP contribution in [0.4, 0.5) is 4.79 Å². The van der Waals surface area contributed by atoms with Crippen molar-refractivity contribution in [1.82, 2.24) is 42.4 Å². The van der Waals surface area contributed by atoms with E-state index in [1.54, 1.807) is 4.90 Å². The van der Waals surface area contributed by atoms with Gasteiger partial charge in [-0.15, -0.1) is 0 Å². The predicted octanol–water partition coefficient (Wildman–Crippen LogP) is 3.79. The summed E-state index contributed by atoms with van der Waals surface area (Å²) in [5.74, 6) is 0.0961. The molecule has 13 heteroatoms. The largest absolute Gasteiger partial charge is 0.480 e. The molecule has 3 unspecified atom stereocenters. The maximum absolute atomic E-state index is 14.5. The smallest absolute Gasteiger partial charge is 0.324 e. The molecule has 286 valence electrons. The van der Waals surface area contributed by atoms with Crippen molar-refractivity contribution >= 4 is 17.9 Å². The number of aliphatic hydroxyl groups is 1. The van der Waals surface area contributed by atoms with Crippen LogP contribution in [0.5, 0.6) is 0 Å². The number of allylic oxidation sites excluding steroid dienone is 3. The van der Waals surface area contributed by atoms with Crippen molar-refractivity contribution in [2.75, 3.05) is 6.54 Å². The van der Waals surface area contributed by atoms with Gasteiger partial charge in [-0.25, -0.2) is 15.6 Å². The van der Waals surface area contributed by atoms with Crippen LogP contribution >= 0.6 is 0 Å². The van der Waals surface area contributed by atoms with Gasteiger partial charge >= 0.3 is 12.0 Å². The number of fused-ring (bicyclic) bond motifs is 2. The lowest BCUT2D eigenvalue weighted by atomic mass is 9.76. The van der Waals surface area contributed by atoms with E-state index in [0.717, 1.165) is 32.1 Å². The molecule has 3 aliphatic carbocycles. The Labute approximate surface area is 304 Å². The van der Waals surface area contributed by atoms with Gasteiger partial charge < -0.3 is 25.7 Å². The normalized spacial score (nSPS) is 38.4. The third kappa shape index (κ3) is 9.52. The number of carbonyl (C=O) groups excluding carboxylic acids is 2. The zero-order valence-corrected chi connectivity index (χ0v) is 31.0. The summed E-state index contributed by atoms with van der Waals surface area (Å²) in [6.45, 7) is 5.98. The van der Waals surface area contributed by atoms with Gasteiger partial charge in [-0.3, -0.25) is 14.9 Å². The zero-order chi connectivity index (χ0) is 36.2. The second kappa shape index (κ2) is 16.6. The van der Waals surface area contributed by atoms with Crippen LogP contribution in [0.2, 0.25) is 0 Å². The van der Waals surface area contributed by atoms with Crippen LogP contribution in [0.1, 0.15) is 124 Å². The van der Waals surface area contributed by atoms with Crippen LogP contribution in [-0.2, 0) is 9.59 Å². The van der Waals surface area contributed by atoms with Crippen molar-refractivity contribution in [3.05, 3.63) is 24.3 Å². The molecule has 0 bridgehead atoms. The fraction of sp³-hybridized carbons (Fsp3) is 0.816. The van der Waals surface area contributed by atoms with Gasteiger partial charge in [-0.05, 0) is 96.3 Å². The molecule has 8 N–H and O–H groups in total. The molecule has 2 saturated heterocycles. The van der Waals surface area contributed by atoms with Gasteiger partial charge in [-0.1, -0.05) is 69.2 Å². The van der Waals surface area contributed by atoms with Crippen LogP contribution in [0.3, 0.4) is 0 Å². The number of nitrogens with zero attached hydrogens (tertiary/aromatic N) is 2. The zero-order valence-electron chi connectivity index (χ0n) is 31.0. The van der Waals surface area contributed by atoms with E-state index < -0.39 is 41.4 Å². The number of aliphatic carboxylic acids is 1. The maximum Gasteiger partial charge on any atom is 0.324 e. The SMILES string of the molecule is CC(C)(C)NC(=O)N[C@@H]1CCCCC/C=C\[C@@H]2C[C@]2(C(=O)O)N[C@@H](O)[C@@H]2C[C@H](N3NNC(C4CCCCC4/C=C/C4CCCCC4)N3)CN2C1=O. The van der Waals surface area contributed by atoms with Crippen molar-refractivity contribution in [2.24, 2.45) is 23.7 Å². The van der Waals surface area contributed by atoms with E-state index in [0.29, 0.717) is 43.6 Å². The average molecular weight is 713 g/mol. The Morgan fingerprint density at radius 3 is 2.47 bits per heavy atom. The lowest BCUT2D eigenvalue weighted by Gasteiger charge is -2.34. The molecule has 51 heavy (non-hydrogen) atoms. The molecule has 6 rings (SSSR count). The van der Waals surface area contributed by atoms with Crippen molar-refractivity contribution in [2.45, 2.75) is 165 Å². The number of aliphatic hydroxyl groups excluding tert-OH is 1. The number of urea groups is 1. The first-order valence-corrected chi connectivity index (χ1v) is 19.9. The van der Waals surface area contributed by atoms with Crippen molar-refractivity contribution in [1.29, 1.82) is 0 Å². The highest BCUT2D eigenvalue weighted by molar-refractivity contribution is 5.88. The molecule has 9 atom stereocenters. The van der Waals surface area contributed by atoms with E-state index in [4.69, 9.17) is 0 Å². The van der Waals surface area contributed by atoms with Crippen LogP contribution in [0.25, 0.3) is 0 Å². The Morgan fingerprint density at radius 1 is 0.980 bits per heavy atom. The Morgan fingerprint density at radius 2 is 1.71 bits per heavy atom. The van der Waals surface area contributed by atoms with E-state index in [9.17, 15) is 24.6 Å². The van der Waals surface area contributed by atoms with Gasteiger partial charge in [0.15, 0.2) is 0 Å². The maximum atomic E-state index is 14.5. The van der Waals surface area contributed by atoms with Crippen LogP contribution in [0, 0.1) is 23.7 Å². The van der Waals surface area contributed by atoms with Gasteiger partial charge in [0, 0.05) is 18.0 Å². The van der Waals surface area contributed by atoms with E-state index in [2.05, 4.69) is 44.5 Å². The molecule has 0 radical (unpaired) electrons. The molecule has 3 amide bonds. The highest BCUT2D eigenvalue weighted by Gasteiger charge is 2.61. The summed E-state index contributed by atoms with van der Waals surface area (Å²) in [4.78, 5) is 41.7. The summed E-state index contributed by atoms with van der Waals surface area (Å²) >= 11 is 0. The summed E-state index contributed by atoms with van der Waals surface area (Å²) in [6.07, 6.45) is 23.7. The number of hydrogen-bond acceptors (Lipinski definition) is 9. The Bertz CT molecular complexity index is 1280. The van der Waals surface area contributed by atoms with Crippen molar-refractivity contribution < 1.29 is 24.6 Å². The highest BCUT2D eigenvalue weighted by atomic mass is 16.4. The second-order valence-corrected chi connectivity index (χ2v) is 17.2. The number of hydrazine groups is 3. The molecule has 5 fully saturated rings. The van der Waals surface area contributed by atoms with Gasteiger partial charge in [0.2, 0.25) is 5.91 Å². The third-order valence-electron chi connectivity index (χ3n) is 12.2. The number of hydrogen-bond donors (Lipinski definition) is 8. The van der Waals surface area contributed by atoms with Gasteiger partial charge in [0.1, 0.15) is 17.8 Å². The fourth-order valence-corrected chi connectivity index (χ4v) is 9.20. The quantitative estimate of drug-likeness (QED) is 0.190. The molecule has 0 aromatic carbocycles. The molecule has 3 aliphatic heterocycles. The fourth-order valence-electron chi connectivity index (χ4n) is 9.20. The molecular formula is C38H64N8O5. The highest BCUT2D eigenvalue weighted by Crippen LogP contribution is 2.46. The number of amides is 3. The monoisotopic (exact) mass is 712 g/mol. The lowest BCUT2D eigenvalue weighted by molar-refractivity contribution is -0.143. The van der Waals surface area contributed by atoms with Gasteiger partial charge in [0.05, 0.1) is 18.2 Å². The Kier molecular flexibility index (Phi) is 12.5. The number of carboxylic acids is 1. The predicted molar refractivity (Wildman–Crippen MR) is 195 cm³/mol. The summed E-state index contributed by atoms with van der Waals surface area (Å²) in [5, 5.41) is 32.9. The summed E-state index contributed by atoms with van der Waals surface area (Å²) in [6, 6.07) is -2.11. The van der Waals surface area contributed by atoms with E-state index in [-0.39, 0.29) is 24.0 Å². The number of nitrogens with one attached hydrogen (secondary N) is 6. The molecule has 3 heterocycles. The van der Waals surface area contributed by atoms with E-state index in [1.807, 2.05) is 38.0 Å². The van der Waals surface area contributed by atoms with Crippen molar-refractivity contribution in [3.63, 3.8) is 0 Å². The molecule has 0 spiro atoms. The molecule has 0 aromatic heterocycles. The average Bonchev–Trinajstić information content (AvgIpc) is 3.39. The van der Waals surface area contributed by atoms with E-state index >= 15 is 0 Å². The summed E-state index contributed by atoms with van der Waals surface area (Å²) in [5.41, 5.74) is 8.77. The molecular weight excluding hydrogens is 648 g/mol. The number of rotatable bonds is 6. The summed E-state index contributed by atoms with van der Waals surface area (Å²) in [7, 11) is 0.